The van der Waals surface area contributed by atoms with Gasteiger partial charge in [-0.25, -0.2) is 3.96 Å². The third-order valence-electron chi connectivity index (χ3n) is 4.29. The SMILES string of the molecule is Br.Br.c1ccc(-c2nc(=NCCC3CNCCO3)sn2-c2ccccc2)cc1. The van der Waals surface area contributed by atoms with Gasteiger partial charge < -0.3 is 10.1 Å². The van der Waals surface area contributed by atoms with E-state index in [1.165, 1.54) is 0 Å². The van der Waals surface area contributed by atoms with Gasteiger partial charge in [-0.2, -0.15) is 4.98 Å². The first-order chi connectivity index (χ1) is 12.9. The Balaban J connectivity index is 0.00000140. The van der Waals surface area contributed by atoms with Crippen molar-refractivity contribution in [2.24, 2.45) is 4.99 Å². The third-order valence-corrected chi connectivity index (χ3v) is 5.24. The number of para-hydroxylation sites is 1. The molecular weight excluding hydrogens is 504 g/mol. The number of benzene rings is 2. The molecule has 1 aliphatic rings. The lowest BCUT2D eigenvalue weighted by Crippen LogP contribution is -2.38. The molecule has 1 aromatic heterocycles. The highest BCUT2D eigenvalue weighted by atomic mass is 79.9. The molecule has 1 unspecified atom stereocenters. The van der Waals surface area contributed by atoms with Crippen LogP contribution in [0.25, 0.3) is 17.1 Å². The largest absolute Gasteiger partial charge is 0.376 e. The summed E-state index contributed by atoms with van der Waals surface area (Å²) in [5.74, 6) is 0.927. The third kappa shape index (κ3) is 5.84. The molecule has 28 heavy (non-hydrogen) atoms. The van der Waals surface area contributed by atoms with Crippen LogP contribution in [0, 0.1) is 0 Å². The second-order valence-electron chi connectivity index (χ2n) is 6.17. The normalized spacial score (nSPS) is 16.9. The Morgan fingerprint density at radius 1 is 1.07 bits per heavy atom. The Bertz CT molecular complexity index is 833. The van der Waals surface area contributed by atoms with Crippen molar-refractivity contribution in [2.75, 3.05) is 26.2 Å². The number of morpholine rings is 1. The Morgan fingerprint density at radius 3 is 2.46 bits per heavy atom. The number of rotatable bonds is 5. The van der Waals surface area contributed by atoms with Gasteiger partial charge in [-0.05, 0) is 30.1 Å². The fraction of sp³-hybridized carbons (Fsp3) is 0.300. The highest BCUT2D eigenvalue weighted by Gasteiger charge is 2.13. The standard InChI is InChI=1S/C20H22N4OS.2BrH/c1-3-7-16(8-4-1)19-23-20(22-12-11-18-15-21-13-14-25-18)26-24(19)17-9-5-2-6-10-17;;/h1-10,18,21H,11-15H2;2*1H. The Morgan fingerprint density at radius 2 is 1.79 bits per heavy atom. The number of halogens is 2. The summed E-state index contributed by atoms with van der Waals surface area (Å²) in [5.41, 5.74) is 2.19. The van der Waals surface area contributed by atoms with Gasteiger partial charge in [-0.3, -0.25) is 4.99 Å². The minimum Gasteiger partial charge on any atom is -0.376 e. The molecule has 5 nitrogen and oxygen atoms in total. The van der Waals surface area contributed by atoms with Crippen molar-refractivity contribution in [3.63, 3.8) is 0 Å². The molecule has 2 aromatic carbocycles. The molecule has 8 heteroatoms. The number of hydrogen-bond acceptors (Lipinski definition) is 5. The quantitative estimate of drug-likeness (QED) is 0.545. The van der Waals surface area contributed by atoms with Crippen LogP contribution in [0.1, 0.15) is 6.42 Å². The summed E-state index contributed by atoms with van der Waals surface area (Å²) >= 11 is 1.58. The predicted octanol–water partition coefficient (Wildman–Crippen LogP) is 4.04. The molecule has 0 aliphatic carbocycles. The minimum absolute atomic E-state index is 0. The van der Waals surface area contributed by atoms with Crippen molar-refractivity contribution in [3.8, 4) is 17.1 Å². The van der Waals surface area contributed by atoms with Crippen LogP contribution in [-0.4, -0.2) is 41.3 Å². The molecule has 3 aromatic rings. The molecule has 1 N–H and O–H groups in total. The number of nitrogens with zero attached hydrogens (tertiary/aromatic N) is 3. The molecule has 1 atom stereocenters. The molecule has 0 spiro atoms. The molecule has 1 saturated heterocycles. The molecule has 2 heterocycles. The lowest BCUT2D eigenvalue weighted by Gasteiger charge is -2.22. The fourth-order valence-corrected chi connectivity index (χ4v) is 3.86. The van der Waals surface area contributed by atoms with Gasteiger partial charge in [0.05, 0.1) is 18.4 Å². The van der Waals surface area contributed by atoms with Gasteiger partial charge in [0.2, 0.25) is 4.80 Å². The van der Waals surface area contributed by atoms with Crippen molar-refractivity contribution in [2.45, 2.75) is 12.5 Å². The van der Waals surface area contributed by atoms with Crippen LogP contribution in [-0.2, 0) is 4.74 Å². The molecule has 1 fully saturated rings. The maximum Gasteiger partial charge on any atom is 0.223 e. The maximum atomic E-state index is 5.74. The van der Waals surface area contributed by atoms with E-state index in [1.807, 2.05) is 36.4 Å². The second-order valence-corrected chi connectivity index (χ2v) is 7.09. The lowest BCUT2D eigenvalue weighted by molar-refractivity contribution is 0.0251. The zero-order chi connectivity index (χ0) is 17.6. The van der Waals surface area contributed by atoms with Crippen LogP contribution in [0.2, 0.25) is 0 Å². The van der Waals surface area contributed by atoms with E-state index in [1.54, 1.807) is 11.5 Å². The van der Waals surface area contributed by atoms with Crippen LogP contribution in [0.5, 0.6) is 0 Å². The van der Waals surface area contributed by atoms with E-state index < -0.39 is 0 Å². The average Bonchev–Trinajstić information content (AvgIpc) is 3.14. The van der Waals surface area contributed by atoms with E-state index in [-0.39, 0.29) is 40.1 Å². The van der Waals surface area contributed by atoms with E-state index in [0.717, 1.165) is 54.5 Å². The van der Waals surface area contributed by atoms with Gasteiger partial charge >= 0.3 is 0 Å². The van der Waals surface area contributed by atoms with Crippen molar-refractivity contribution >= 4 is 45.5 Å². The van der Waals surface area contributed by atoms with E-state index in [4.69, 9.17) is 14.7 Å². The smallest absolute Gasteiger partial charge is 0.223 e. The molecular formula is C20H24Br2N4OS. The van der Waals surface area contributed by atoms with Gasteiger partial charge in [0.25, 0.3) is 0 Å². The topological polar surface area (TPSA) is 51.4 Å². The molecule has 1 aliphatic heterocycles. The first-order valence-electron chi connectivity index (χ1n) is 8.94. The summed E-state index contributed by atoms with van der Waals surface area (Å²) in [6, 6.07) is 20.6. The number of aromatic nitrogens is 2. The summed E-state index contributed by atoms with van der Waals surface area (Å²) < 4.78 is 7.88. The molecule has 0 amide bonds. The fourth-order valence-electron chi connectivity index (χ4n) is 2.96. The van der Waals surface area contributed by atoms with E-state index in [0.29, 0.717) is 0 Å². The second kappa shape index (κ2) is 11.6. The van der Waals surface area contributed by atoms with E-state index in [9.17, 15) is 0 Å². The molecule has 150 valence electrons. The predicted molar refractivity (Wildman–Crippen MR) is 125 cm³/mol. The molecule has 0 saturated carbocycles. The van der Waals surface area contributed by atoms with E-state index in [2.05, 4.69) is 33.5 Å². The van der Waals surface area contributed by atoms with Gasteiger partial charge in [-0.15, -0.1) is 34.0 Å². The monoisotopic (exact) mass is 526 g/mol. The highest BCUT2D eigenvalue weighted by Crippen LogP contribution is 2.21. The summed E-state index contributed by atoms with van der Waals surface area (Å²) in [5, 5.41) is 3.36. The summed E-state index contributed by atoms with van der Waals surface area (Å²) in [7, 11) is 0. The summed E-state index contributed by atoms with van der Waals surface area (Å²) in [4.78, 5) is 10.3. The molecule has 0 bridgehead atoms. The van der Waals surface area contributed by atoms with Crippen molar-refractivity contribution in [3.05, 3.63) is 65.5 Å². The number of hydrogen-bond donors (Lipinski definition) is 1. The van der Waals surface area contributed by atoms with Crippen molar-refractivity contribution in [1.82, 2.24) is 14.3 Å². The van der Waals surface area contributed by atoms with E-state index >= 15 is 0 Å². The number of ether oxygens (including phenoxy) is 1. The Hall–Kier alpha value is -1.32. The van der Waals surface area contributed by atoms with Crippen LogP contribution >= 0.6 is 45.5 Å². The zero-order valence-electron chi connectivity index (χ0n) is 15.4. The first-order valence-corrected chi connectivity index (χ1v) is 9.71. The highest BCUT2D eigenvalue weighted by molar-refractivity contribution is 8.93. The van der Waals surface area contributed by atoms with Crippen LogP contribution in [0.3, 0.4) is 0 Å². The maximum absolute atomic E-state index is 5.74. The van der Waals surface area contributed by atoms with Crippen molar-refractivity contribution < 1.29 is 4.74 Å². The first kappa shape index (κ1) is 23.0. The summed E-state index contributed by atoms with van der Waals surface area (Å²) in [6.45, 7) is 3.36. The Kier molecular flexibility index (Phi) is 9.53. The van der Waals surface area contributed by atoms with Crippen LogP contribution in [0.4, 0.5) is 0 Å². The Labute approximate surface area is 190 Å². The van der Waals surface area contributed by atoms with Gasteiger partial charge in [0, 0.05) is 25.2 Å². The van der Waals surface area contributed by atoms with Gasteiger partial charge in [0.15, 0.2) is 5.82 Å². The zero-order valence-corrected chi connectivity index (χ0v) is 19.6. The average molecular weight is 528 g/mol. The van der Waals surface area contributed by atoms with Crippen molar-refractivity contribution in [1.29, 1.82) is 0 Å². The number of nitrogens with one attached hydrogen (secondary N) is 1. The lowest BCUT2D eigenvalue weighted by atomic mass is 10.2. The van der Waals surface area contributed by atoms with Gasteiger partial charge in [0.1, 0.15) is 0 Å². The van der Waals surface area contributed by atoms with Crippen LogP contribution in [0.15, 0.2) is 65.7 Å². The molecule has 4 rings (SSSR count). The van der Waals surface area contributed by atoms with Crippen LogP contribution < -0.4 is 10.1 Å². The summed E-state index contributed by atoms with van der Waals surface area (Å²) in [6.07, 6.45) is 1.17. The minimum atomic E-state index is 0. The molecule has 0 radical (unpaired) electrons. The van der Waals surface area contributed by atoms with Gasteiger partial charge in [-0.1, -0.05) is 48.5 Å².